The number of nitrogens with zero attached hydrogens (tertiary/aromatic N) is 1. The first-order chi connectivity index (χ1) is 14.0. The Hall–Kier alpha value is -2.73. The Morgan fingerprint density at radius 1 is 1.17 bits per heavy atom. The van der Waals surface area contributed by atoms with Crippen molar-refractivity contribution in [2.24, 2.45) is 0 Å². The van der Waals surface area contributed by atoms with Crippen molar-refractivity contribution in [1.29, 1.82) is 0 Å². The molecule has 3 rings (SSSR count). The third kappa shape index (κ3) is 5.41. The van der Waals surface area contributed by atoms with Crippen molar-refractivity contribution in [3.63, 3.8) is 0 Å². The number of amides is 1. The van der Waals surface area contributed by atoms with Gasteiger partial charge in [-0.05, 0) is 29.7 Å². The Labute approximate surface area is 174 Å². The van der Waals surface area contributed by atoms with Gasteiger partial charge in [-0.3, -0.25) is 4.79 Å². The highest BCUT2D eigenvalue weighted by Crippen LogP contribution is 2.25. The zero-order valence-corrected chi connectivity index (χ0v) is 17.6. The van der Waals surface area contributed by atoms with Crippen LogP contribution in [0.5, 0.6) is 0 Å². The quantitative estimate of drug-likeness (QED) is 0.544. The zero-order valence-electron chi connectivity index (χ0n) is 16.8. The SMILES string of the molecule is CCCCC(NC(=O)Cc1sc(Cc2cccc3ccccc23)nc1C)C(=O)O. The van der Waals surface area contributed by atoms with Crippen molar-refractivity contribution in [3.05, 3.63) is 63.6 Å². The second-order valence-electron chi connectivity index (χ2n) is 7.21. The van der Waals surface area contributed by atoms with Crippen molar-refractivity contribution in [2.75, 3.05) is 0 Å². The molecule has 0 aliphatic heterocycles. The molecule has 1 amide bonds. The van der Waals surface area contributed by atoms with Crippen LogP contribution < -0.4 is 5.32 Å². The highest BCUT2D eigenvalue weighted by molar-refractivity contribution is 7.11. The molecule has 2 aromatic carbocycles. The number of nitrogens with one attached hydrogen (secondary N) is 1. The number of benzene rings is 2. The summed E-state index contributed by atoms with van der Waals surface area (Å²) in [5.74, 6) is -1.25. The predicted octanol–water partition coefficient (Wildman–Crippen LogP) is 4.50. The summed E-state index contributed by atoms with van der Waals surface area (Å²) in [5.41, 5.74) is 2.04. The van der Waals surface area contributed by atoms with Crippen molar-refractivity contribution in [2.45, 2.75) is 52.0 Å². The van der Waals surface area contributed by atoms with Crippen LogP contribution in [0.15, 0.2) is 42.5 Å². The van der Waals surface area contributed by atoms with Gasteiger partial charge in [0.05, 0.1) is 17.1 Å². The van der Waals surface area contributed by atoms with Gasteiger partial charge >= 0.3 is 5.97 Å². The second kappa shape index (κ2) is 9.65. The summed E-state index contributed by atoms with van der Waals surface area (Å²) in [4.78, 5) is 29.3. The zero-order chi connectivity index (χ0) is 20.8. The minimum Gasteiger partial charge on any atom is -0.480 e. The normalized spacial score (nSPS) is 12.1. The molecule has 0 saturated carbocycles. The van der Waals surface area contributed by atoms with E-state index in [0.29, 0.717) is 12.8 Å². The standard InChI is InChI=1S/C23H26N2O3S/c1-3-4-12-19(23(27)28)25-21(26)14-20-15(2)24-22(29-20)13-17-10-7-9-16-8-5-6-11-18(16)17/h5-11,19H,3-4,12-14H2,1-2H3,(H,25,26)(H,27,28). The molecule has 0 bridgehead atoms. The van der Waals surface area contributed by atoms with Gasteiger partial charge in [0.25, 0.3) is 0 Å². The molecule has 0 saturated heterocycles. The number of carbonyl (C=O) groups is 2. The number of aromatic nitrogens is 1. The fourth-order valence-electron chi connectivity index (χ4n) is 3.39. The van der Waals surface area contributed by atoms with Gasteiger partial charge in [-0.25, -0.2) is 9.78 Å². The summed E-state index contributed by atoms with van der Waals surface area (Å²) in [6, 6.07) is 13.7. The number of aryl methyl sites for hydroxylation is 1. The summed E-state index contributed by atoms with van der Waals surface area (Å²) in [6.45, 7) is 3.90. The lowest BCUT2D eigenvalue weighted by Crippen LogP contribution is -2.41. The maximum absolute atomic E-state index is 12.4. The van der Waals surface area contributed by atoms with E-state index in [-0.39, 0.29) is 12.3 Å². The maximum atomic E-state index is 12.4. The van der Waals surface area contributed by atoms with Gasteiger partial charge in [0.1, 0.15) is 6.04 Å². The molecule has 5 nitrogen and oxygen atoms in total. The summed E-state index contributed by atoms with van der Waals surface area (Å²) >= 11 is 1.53. The van der Waals surface area contributed by atoms with Crippen LogP contribution in [0.1, 0.15) is 47.3 Å². The number of carbonyl (C=O) groups excluding carboxylic acids is 1. The number of hydrogen-bond donors (Lipinski definition) is 2. The summed E-state index contributed by atoms with van der Waals surface area (Å²) in [5, 5.41) is 15.3. The maximum Gasteiger partial charge on any atom is 0.326 e. The average Bonchev–Trinajstić information content (AvgIpc) is 3.04. The van der Waals surface area contributed by atoms with Crippen LogP contribution in [0.25, 0.3) is 10.8 Å². The topological polar surface area (TPSA) is 79.3 Å². The average molecular weight is 411 g/mol. The van der Waals surface area contributed by atoms with E-state index in [2.05, 4.69) is 40.6 Å². The summed E-state index contributed by atoms with van der Waals surface area (Å²) in [6.07, 6.45) is 2.99. The van der Waals surface area contributed by atoms with Crippen LogP contribution >= 0.6 is 11.3 Å². The number of unbranched alkanes of at least 4 members (excludes halogenated alkanes) is 1. The Morgan fingerprint density at radius 2 is 1.93 bits per heavy atom. The highest BCUT2D eigenvalue weighted by Gasteiger charge is 2.20. The van der Waals surface area contributed by atoms with Crippen molar-refractivity contribution >= 4 is 34.0 Å². The lowest BCUT2D eigenvalue weighted by Gasteiger charge is -2.13. The van der Waals surface area contributed by atoms with E-state index in [0.717, 1.165) is 28.4 Å². The van der Waals surface area contributed by atoms with Gasteiger partial charge in [-0.2, -0.15) is 0 Å². The molecule has 3 aromatic rings. The Kier molecular flexibility index (Phi) is 6.99. The smallest absolute Gasteiger partial charge is 0.326 e. The van der Waals surface area contributed by atoms with Crippen LogP contribution in [0, 0.1) is 6.92 Å². The first-order valence-electron chi connectivity index (χ1n) is 9.92. The van der Waals surface area contributed by atoms with Gasteiger partial charge in [-0.15, -0.1) is 11.3 Å². The second-order valence-corrected chi connectivity index (χ2v) is 8.38. The Bertz CT molecular complexity index is 1010. The monoisotopic (exact) mass is 410 g/mol. The number of carboxylic acids is 1. The molecular weight excluding hydrogens is 384 g/mol. The number of aliphatic carboxylic acids is 1. The fourth-order valence-corrected chi connectivity index (χ4v) is 4.49. The molecule has 1 atom stereocenters. The first-order valence-corrected chi connectivity index (χ1v) is 10.7. The summed E-state index contributed by atoms with van der Waals surface area (Å²) in [7, 11) is 0. The molecule has 1 heterocycles. The van der Waals surface area contributed by atoms with Crippen molar-refractivity contribution < 1.29 is 14.7 Å². The van der Waals surface area contributed by atoms with Crippen molar-refractivity contribution in [1.82, 2.24) is 10.3 Å². The van der Waals surface area contributed by atoms with Gasteiger partial charge in [-0.1, -0.05) is 62.2 Å². The molecule has 0 fully saturated rings. The number of thiazole rings is 1. The third-order valence-corrected chi connectivity index (χ3v) is 6.12. The highest BCUT2D eigenvalue weighted by atomic mass is 32.1. The number of carboxylic acid groups (broad SMARTS) is 1. The molecule has 1 unspecified atom stereocenters. The molecule has 29 heavy (non-hydrogen) atoms. The van der Waals surface area contributed by atoms with E-state index >= 15 is 0 Å². The molecule has 0 aliphatic rings. The van der Waals surface area contributed by atoms with E-state index in [1.807, 2.05) is 26.0 Å². The van der Waals surface area contributed by atoms with Crippen LogP contribution in [-0.4, -0.2) is 28.0 Å². The van der Waals surface area contributed by atoms with Crippen LogP contribution in [0.2, 0.25) is 0 Å². The minimum absolute atomic E-state index is 0.162. The Morgan fingerprint density at radius 3 is 2.69 bits per heavy atom. The van der Waals surface area contributed by atoms with E-state index in [9.17, 15) is 14.7 Å². The third-order valence-electron chi connectivity index (χ3n) is 4.96. The van der Waals surface area contributed by atoms with Gasteiger partial charge in [0.15, 0.2) is 0 Å². The van der Waals surface area contributed by atoms with Crippen LogP contribution in [0.4, 0.5) is 0 Å². The van der Waals surface area contributed by atoms with E-state index < -0.39 is 12.0 Å². The number of hydrogen-bond acceptors (Lipinski definition) is 4. The van der Waals surface area contributed by atoms with Crippen molar-refractivity contribution in [3.8, 4) is 0 Å². The fraction of sp³-hybridized carbons (Fsp3) is 0.348. The van der Waals surface area contributed by atoms with Gasteiger partial charge in [0.2, 0.25) is 5.91 Å². The van der Waals surface area contributed by atoms with Gasteiger partial charge in [0, 0.05) is 11.3 Å². The van der Waals surface area contributed by atoms with E-state index in [4.69, 9.17) is 0 Å². The predicted molar refractivity (Wildman–Crippen MR) is 116 cm³/mol. The molecule has 2 N–H and O–H groups in total. The van der Waals surface area contributed by atoms with E-state index in [1.54, 1.807) is 0 Å². The van der Waals surface area contributed by atoms with Gasteiger partial charge < -0.3 is 10.4 Å². The molecule has 1 aromatic heterocycles. The molecular formula is C23H26N2O3S. The lowest BCUT2D eigenvalue weighted by molar-refractivity contribution is -0.141. The summed E-state index contributed by atoms with van der Waals surface area (Å²) < 4.78 is 0. The number of rotatable bonds is 9. The number of fused-ring (bicyclic) bond motifs is 1. The largest absolute Gasteiger partial charge is 0.480 e. The lowest BCUT2D eigenvalue weighted by atomic mass is 10.0. The van der Waals surface area contributed by atoms with Crippen LogP contribution in [0.3, 0.4) is 0 Å². The first kappa shape index (κ1) is 21.0. The molecule has 0 aliphatic carbocycles. The van der Waals surface area contributed by atoms with Crippen LogP contribution in [-0.2, 0) is 22.4 Å². The molecule has 152 valence electrons. The molecule has 6 heteroatoms. The minimum atomic E-state index is -0.982. The molecule has 0 radical (unpaired) electrons. The molecule has 0 spiro atoms. The van der Waals surface area contributed by atoms with E-state index in [1.165, 1.54) is 27.7 Å². The Balaban J connectivity index is 1.70.